The smallest absolute Gasteiger partial charge is 0.225 e. The number of β-amino-alcohol motifs (C(OH)–C–C–N with tert-alkyl or cyclic N) is 1. The highest BCUT2D eigenvalue weighted by Gasteiger charge is 2.43. The Hall–Kier alpha value is -1.47. The van der Waals surface area contributed by atoms with E-state index in [-0.39, 0.29) is 24.9 Å². The zero-order valence-electron chi connectivity index (χ0n) is 14.6. The van der Waals surface area contributed by atoms with Gasteiger partial charge in [-0.1, -0.05) is 24.5 Å². The van der Waals surface area contributed by atoms with Crippen molar-refractivity contribution in [2.45, 2.75) is 76.0 Å². The number of carbonyl (C=O) groups is 1. The lowest BCUT2D eigenvalue weighted by atomic mass is 9.82. The van der Waals surface area contributed by atoms with Gasteiger partial charge in [0.25, 0.3) is 0 Å². The maximum absolute atomic E-state index is 12.6. The van der Waals surface area contributed by atoms with Crippen molar-refractivity contribution in [2.24, 2.45) is 0 Å². The second-order valence-corrected chi connectivity index (χ2v) is 7.74. The van der Waals surface area contributed by atoms with Crippen molar-refractivity contribution in [3.8, 4) is 0 Å². The van der Waals surface area contributed by atoms with E-state index in [4.69, 9.17) is 0 Å². The van der Waals surface area contributed by atoms with Crippen LogP contribution in [0, 0.1) is 0 Å². The van der Waals surface area contributed by atoms with Crippen LogP contribution >= 0.6 is 0 Å². The normalized spacial score (nSPS) is 27.0. The molecule has 1 aromatic heterocycles. The van der Waals surface area contributed by atoms with Gasteiger partial charge in [-0.25, -0.2) is 4.68 Å². The van der Waals surface area contributed by atoms with Gasteiger partial charge < -0.3 is 15.1 Å². The van der Waals surface area contributed by atoms with Crippen LogP contribution in [0.4, 0.5) is 0 Å². The minimum atomic E-state index is -1.14. The number of likely N-dealkylation sites (tertiary alicyclic amines) is 1. The molecule has 1 saturated carbocycles. The van der Waals surface area contributed by atoms with Gasteiger partial charge in [-0.05, 0) is 26.7 Å². The SMILES string of the molecule is CC(C)n1cc([C@]2(O)CCN(C(=O)CC3(O)CCCCC3)C2)nn1. The number of amides is 1. The zero-order valence-corrected chi connectivity index (χ0v) is 14.6. The third-order valence-corrected chi connectivity index (χ3v) is 5.38. The summed E-state index contributed by atoms with van der Waals surface area (Å²) in [6, 6.07) is 0.175. The van der Waals surface area contributed by atoms with Gasteiger partial charge in [0.15, 0.2) is 0 Å². The van der Waals surface area contributed by atoms with E-state index in [1.165, 1.54) is 0 Å². The van der Waals surface area contributed by atoms with Crippen LogP contribution in [0.25, 0.3) is 0 Å². The Kier molecular flexibility index (Phi) is 4.66. The van der Waals surface area contributed by atoms with Crippen LogP contribution in [0.5, 0.6) is 0 Å². The largest absolute Gasteiger partial charge is 0.389 e. The predicted molar refractivity (Wildman–Crippen MR) is 88.2 cm³/mol. The van der Waals surface area contributed by atoms with Crippen LogP contribution in [-0.2, 0) is 10.4 Å². The van der Waals surface area contributed by atoms with E-state index >= 15 is 0 Å². The number of nitrogens with zero attached hydrogens (tertiary/aromatic N) is 4. The molecular formula is C17H28N4O3. The number of hydrogen-bond donors (Lipinski definition) is 2. The number of aliphatic hydroxyl groups is 2. The molecule has 0 spiro atoms. The van der Waals surface area contributed by atoms with Crippen molar-refractivity contribution in [3.05, 3.63) is 11.9 Å². The van der Waals surface area contributed by atoms with Crippen molar-refractivity contribution < 1.29 is 15.0 Å². The number of carbonyl (C=O) groups excluding carboxylic acids is 1. The molecule has 0 radical (unpaired) electrons. The Morgan fingerprint density at radius 2 is 1.96 bits per heavy atom. The van der Waals surface area contributed by atoms with Crippen molar-refractivity contribution in [3.63, 3.8) is 0 Å². The summed E-state index contributed by atoms with van der Waals surface area (Å²) < 4.78 is 1.71. The third kappa shape index (κ3) is 3.47. The predicted octanol–water partition coefficient (Wildman–Crippen LogP) is 1.36. The summed E-state index contributed by atoms with van der Waals surface area (Å²) in [7, 11) is 0. The molecule has 1 atom stereocenters. The van der Waals surface area contributed by atoms with Crippen molar-refractivity contribution in [1.29, 1.82) is 0 Å². The molecule has 1 amide bonds. The molecule has 1 aliphatic carbocycles. The van der Waals surface area contributed by atoms with Crippen LogP contribution in [0.15, 0.2) is 6.20 Å². The van der Waals surface area contributed by atoms with Gasteiger partial charge in [0, 0.05) is 19.0 Å². The molecule has 7 heteroatoms. The molecular weight excluding hydrogens is 308 g/mol. The summed E-state index contributed by atoms with van der Waals surface area (Å²) in [6.45, 7) is 4.70. The molecule has 3 rings (SSSR count). The zero-order chi connectivity index (χ0) is 17.4. The van der Waals surface area contributed by atoms with Gasteiger partial charge >= 0.3 is 0 Å². The standard InChI is InChI=1S/C17H28N4O3/c1-13(2)21-11-14(18-19-21)17(24)8-9-20(12-17)15(22)10-16(23)6-4-3-5-7-16/h11,13,23-24H,3-10,12H2,1-2H3/t17-/m0/s1. The van der Waals surface area contributed by atoms with Crippen molar-refractivity contribution >= 4 is 5.91 Å². The Labute approximate surface area is 142 Å². The van der Waals surface area contributed by atoms with Gasteiger partial charge in [0.1, 0.15) is 11.3 Å². The summed E-state index contributed by atoms with van der Waals surface area (Å²) in [5, 5.41) is 29.6. The maximum atomic E-state index is 12.6. The molecule has 1 aliphatic heterocycles. The van der Waals surface area contributed by atoms with Gasteiger partial charge in [0.2, 0.25) is 5.91 Å². The summed E-state index contributed by atoms with van der Waals surface area (Å²) in [5.74, 6) is -0.0772. The van der Waals surface area contributed by atoms with E-state index in [9.17, 15) is 15.0 Å². The molecule has 134 valence electrons. The first-order chi connectivity index (χ1) is 11.3. The Morgan fingerprint density at radius 1 is 1.25 bits per heavy atom. The highest BCUT2D eigenvalue weighted by atomic mass is 16.3. The fraction of sp³-hybridized carbons (Fsp3) is 0.824. The fourth-order valence-electron chi connectivity index (χ4n) is 3.74. The molecule has 24 heavy (non-hydrogen) atoms. The number of aromatic nitrogens is 3. The van der Waals surface area contributed by atoms with Crippen molar-refractivity contribution in [1.82, 2.24) is 19.9 Å². The highest BCUT2D eigenvalue weighted by molar-refractivity contribution is 5.77. The molecule has 1 aromatic rings. The van der Waals surface area contributed by atoms with Crippen LogP contribution in [-0.4, -0.2) is 54.7 Å². The lowest BCUT2D eigenvalue weighted by molar-refractivity contribution is -0.137. The Balaban J connectivity index is 1.64. The molecule has 1 saturated heterocycles. The van der Waals surface area contributed by atoms with Gasteiger partial charge in [0.05, 0.1) is 24.8 Å². The topological polar surface area (TPSA) is 91.5 Å². The minimum Gasteiger partial charge on any atom is -0.389 e. The molecule has 0 unspecified atom stereocenters. The fourth-order valence-corrected chi connectivity index (χ4v) is 3.74. The number of rotatable bonds is 4. The van der Waals surface area contributed by atoms with Crippen LogP contribution in [0.1, 0.15) is 70.5 Å². The van der Waals surface area contributed by atoms with E-state index in [1.807, 2.05) is 13.8 Å². The van der Waals surface area contributed by atoms with E-state index < -0.39 is 11.2 Å². The van der Waals surface area contributed by atoms with E-state index in [2.05, 4.69) is 10.3 Å². The van der Waals surface area contributed by atoms with E-state index in [0.29, 0.717) is 31.5 Å². The maximum Gasteiger partial charge on any atom is 0.225 e. The summed E-state index contributed by atoms with van der Waals surface area (Å²) in [5.41, 5.74) is -1.49. The molecule has 2 heterocycles. The average Bonchev–Trinajstić information content (AvgIpc) is 3.15. The quantitative estimate of drug-likeness (QED) is 0.866. The first kappa shape index (κ1) is 17.4. The highest BCUT2D eigenvalue weighted by Crippen LogP contribution is 2.34. The summed E-state index contributed by atoms with van der Waals surface area (Å²) in [6.07, 6.45) is 6.84. The first-order valence-corrected chi connectivity index (χ1v) is 8.96. The van der Waals surface area contributed by atoms with Crippen LogP contribution < -0.4 is 0 Å². The van der Waals surface area contributed by atoms with Crippen LogP contribution in [0.3, 0.4) is 0 Å². The molecule has 0 aromatic carbocycles. The van der Waals surface area contributed by atoms with E-state index in [1.54, 1.807) is 15.8 Å². The lowest BCUT2D eigenvalue weighted by Gasteiger charge is -2.33. The van der Waals surface area contributed by atoms with Crippen LogP contribution in [0.2, 0.25) is 0 Å². The minimum absolute atomic E-state index is 0.0772. The monoisotopic (exact) mass is 336 g/mol. The first-order valence-electron chi connectivity index (χ1n) is 8.96. The van der Waals surface area contributed by atoms with Crippen molar-refractivity contribution in [2.75, 3.05) is 13.1 Å². The summed E-state index contributed by atoms with van der Waals surface area (Å²) in [4.78, 5) is 14.2. The molecule has 0 bridgehead atoms. The lowest BCUT2D eigenvalue weighted by Crippen LogP contribution is -2.41. The van der Waals surface area contributed by atoms with Gasteiger partial charge in [-0.15, -0.1) is 5.10 Å². The second kappa shape index (κ2) is 6.44. The third-order valence-electron chi connectivity index (χ3n) is 5.38. The van der Waals surface area contributed by atoms with Gasteiger partial charge in [-0.3, -0.25) is 4.79 Å². The number of hydrogen-bond acceptors (Lipinski definition) is 5. The molecule has 2 aliphatic rings. The molecule has 7 nitrogen and oxygen atoms in total. The molecule has 2 N–H and O–H groups in total. The molecule has 2 fully saturated rings. The average molecular weight is 336 g/mol. The van der Waals surface area contributed by atoms with E-state index in [0.717, 1.165) is 19.3 Å². The Bertz CT molecular complexity index is 594. The second-order valence-electron chi connectivity index (χ2n) is 7.74. The Morgan fingerprint density at radius 3 is 2.58 bits per heavy atom. The summed E-state index contributed by atoms with van der Waals surface area (Å²) >= 11 is 0. The van der Waals surface area contributed by atoms with Gasteiger partial charge in [-0.2, -0.15) is 0 Å².